The van der Waals surface area contributed by atoms with Crippen molar-refractivity contribution < 1.29 is 0 Å². The van der Waals surface area contributed by atoms with Gasteiger partial charge in [-0.25, -0.2) is 0 Å². The van der Waals surface area contributed by atoms with Crippen LogP contribution in [-0.2, 0) is 6.42 Å². The maximum absolute atomic E-state index is 6.04. The molecule has 2 heteroatoms. The Balaban J connectivity index is 2.92. The molecule has 108 valence electrons. The minimum atomic E-state index is 0.280. The lowest BCUT2D eigenvalue weighted by molar-refractivity contribution is 0.645. The second-order valence-corrected chi connectivity index (χ2v) is 5.78. The summed E-state index contributed by atoms with van der Waals surface area (Å²) in [4.78, 5) is 2.48. The lowest BCUT2D eigenvalue weighted by Gasteiger charge is -2.30. The molecule has 1 unspecified atom stereocenters. The Morgan fingerprint density at radius 2 is 1.89 bits per heavy atom. The van der Waals surface area contributed by atoms with Crippen LogP contribution in [0.5, 0.6) is 0 Å². The van der Waals surface area contributed by atoms with E-state index in [4.69, 9.17) is 5.73 Å². The van der Waals surface area contributed by atoms with Crippen molar-refractivity contribution in [3.63, 3.8) is 0 Å². The van der Waals surface area contributed by atoms with Crippen LogP contribution in [0.4, 0.5) is 5.69 Å². The summed E-state index contributed by atoms with van der Waals surface area (Å²) in [7, 11) is 0. The zero-order valence-corrected chi connectivity index (χ0v) is 13.2. The number of aryl methyl sites for hydroxylation is 1. The van der Waals surface area contributed by atoms with Crippen molar-refractivity contribution in [3.05, 3.63) is 29.3 Å². The molecule has 0 spiro atoms. The summed E-state index contributed by atoms with van der Waals surface area (Å²) in [5.41, 5.74) is 10.1. The maximum atomic E-state index is 6.04. The van der Waals surface area contributed by atoms with Gasteiger partial charge in [-0.05, 0) is 57.2 Å². The van der Waals surface area contributed by atoms with Crippen LogP contribution < -0.4 is 10.6 Å². The number of rotatable bonds is 7. The highest BCUT2D eigenvalue weighted by molar-refractivity contribution is 5.55. The third-order valence-corrected chi connectivity index (χ3v) is 3.68. The van der Waals surface area contributed by atoms with Gasteiger partial charge in [-0.1, -0.05) is 26.0 Å². The summed E-state index contributed by atoms with van der Waals surface area (Å²) in [6.45, 7) is 12.2. The molecule has 2 N–H and O–H groups in total. The fourth-order valence-electron chi connectivity index (χ4n) is 2.51. The predicted molar refractivity (Wildman–Crippen MR) is 85.9 cm³/mol. The zero-order chi connectivity index (χ0) is 14.4. The zero-order valence-electron chi connectivity index (χ0n) is 13.2. The lowest BCUT2D eigenvalue weighted by Crippen LogP contribution is -2.32. The van der Waals surface area contributed by atoms with Crippen LogP contribution in [0.1, 0.15) is 51.7 Å². The molecule has 0 saturated heterocycles. The number of benzene rings is 1. The van der Waals surface area contributed by atoms with Crippen molar-refractivity contribution in [2.45, 2.75) is 66.0 Å². The SMILES string of the molecule is CCCN(c1ccc(CC(N)CC)cc1C)C(C)C. The Kier molecular flexibility index (Phi) is 6.36. The second kappa shape index (κ2) is 7.54. The molecule has 0 aliphatic heterocycles. The van der Waals surface area contributed by atoms with E-state index in [-0.39, 0.29) is 6.04 Å². The highest BCUT2D eigenvalue weighted by Crippen LogP contribution is 2.24. The largest absolute Gasteiger partial charge is 0.369 e. The molecule has 0 amide bonds. The highest BCUT2D eigenvalue weighted by atomic mass is 15.1. The van der Waals surface area contributed by atoms with Gasteiger partial charge >= 0.3 is 0 Å². The smallest absolute Gasteiger partial charge is 0.0398 e. The summed E-state index contributed by atoms with van der Waals surface area (Å²) in [5.74, 6) is 0. The third-order valence-electron chi connectivity index (χ3n) is 3.68. The highest BCUT2D eigenvalue weighted by Gasteiger charge is 2.12. The van der Waals surface area contributed by atoms with Crippen LogP contribution in [0, 0.1) is 6.92 Å². The van der Waals surface area contributed by atoms with E-state index in [0.29, 0.717) is 6.04 Å². The van der Waals surface area contributed by atoms with E-state index in [9.17, 15) is 0 Å². The van der Waals surface area contributed by atoms with Gasteiger partial charge in [0.1, 0.15) is 0 Å². The summed E-state index contributed by atoms with van der Waals surface area (Å²) in [6.07, 6.45) is 3.20. The second-order valence-electron chi connectivity index (χ2n) is 5.78. The van der Waals surface area contributed by atoms with Crippen molar-refractivity contribution in [2.75, 3.05) is 11.4 Å². The van der Waals surface area contributed by atoms with Gasteiger partial charge in [-0.2, -0.15) is 0 Å². The quantitative estimate of drug-likeness (QED) is 0.807. The van der Waals surface area contributed by atoms with Crippen molar-refractivity contribution in [1.29, 1.82) is 0 Å². The van der Waals surface area contributed by atoms with Crippen LogP contribution in [0.15, 0.2) is 18.2 Å². The Hall–Kier alpha value is -1.02. The number of anilines is 1. The number of nitrogens with zero attached hydrogens (tertiary/aromatic N) is 1. The normalized spacial score (nSPS) is 12.8. The Morgan fingerprint density at radius 1 is 1.21 bits per heavy atom. The van der Waals surface area contributed by atoms with Gasteiger partial charge in [0.15, 0.2) is 0 Å². The van der Waals surface area contributed by atoms with E-state index in [1.54, 1.807) is 0 Å². The molecule has 19 heavy (non-hydrogen) atoms. The van der Waals surface area contributed by atoms with Gasteiger partial charge < -0.3 is 10.6 Å². The molecule has 0 radical (unpaired) electrons. The summed E-state index contributed by atoms with van der Waals surface area (Å²) in [5, 5.41) is 0. The molecule has 0 aromatic heterocycles. The van der Waals surface area contributed by atoms with Crippen LogP contribution in [-0.4, -0.2) is 18.6 Å². The first-order valence-corrected chi connectivity index (χ1v) is 7.61. The van der Waals surface area contributed by atoms with Gasteiger partial charge in [0, 0.05) is 24.3 Å². The molecule has 0 aliphatic carbocycles. The van der Waals surface area contributed by atoms with E-state index >= 15 is 0 Å². The first-order chi connectivity index (χ1) is 8.99. The van der Waals surface area contributed by atoms with Gasteiger partial charge in [-0.3, -0.25) is 0 Å². The van der Waals surface area contributed by atoms with Crippen LogP contribution in [0.3, 0.4) is 0 Å². The van der Waals surface area contributed by atoms with Gasteiger partial charge in [0.2, 0.25) is 0 Å². The topological polar surface area (TPSA) is 29.3 Å². The average Bonchev–Trinajstić information content (AvgIpc) is 2.36. The monoisotopic (exact) mass is 262 g/mol. The van der Waals surface area contributed by atoms with Crippen molar-refractivity contribution >= 4 is 5.69 Å². The van der Waals surface area contributed by atoms with E-state index in [0.717, 1.165) is 19.4 Å². The molecule has 1 atom stereocenters. The molecular formula is C17H30N2. The van der Waals surface area contributed by atoms with Crippen LogP contribution in [0.25, 0.3) is 0 Å². The van der Waals surface area contributed by atoms with Gasteiger partial charge in [0.05, 0.1) is 0 Å². The summed E-state index contributed by atoms with van der Waals surface area (Å²) in [6, 6.07) is 7.63. The molecule has 1 rings (SSSR count). The number of hydrogen-bond acceptors (Lipinski definition) is 2. The van der Waals surface area contributed by atoms with E-state index < -0.39 is 0 Å². The standard InChI is InChI=1S/C17H30N2/c1-6-10-19(13(3)4)17-9-8-15(11-14(17)5)12-16(18)7-2/h8-9,11,13,16H,6-7,10,12,18H2,1-5H3. The first kappa shape index (κ1) is 16.0. The fourth-order valence-corrected chi connectivity index (χ4v) is 2.51. The molecule has 2 nitrogen and oxygen atoms in total. The van der Waals surface area contributed by atoms with E-state index in [1.807, 2.05) is 0 Å². The minimum absolute atomic E-state index is 0.280. The average molecular weight is 262 g/mol. The molecule has 0 aliphatic rings. The maximum Gasteiger partial charge on any atom is 0.0398 e. The van der Waals surface area contributed by atoms with Crippen molar-refractivity contribution in [3.8, 4) is 0 Å². The number of hydrogen-bond donors (Lipinski definition) is 1. The van der Waals surface area contributed by atoms with E-state index in [2.05, 4.69) is 57.7 Å². The molecule has 1 aromatic carbocycles. The van der Waals surface area contributed by atoms with Crippen LogP contribution >= 0.6 is 0 Å². The summed E-state index contributed by atoms with van der Waals surface area (Å²) >= 11 is 0. The molecule has 0 fully saturated rings. The lowest BCUT2D eigenvalue weighted by atomic mass is 10.0. The minimum Gasteiger partial charge on any atom is -0.369 e. The predicted octanol–water partition coefficient (Wildman–Crippen LogP) is 3.90. The summed E-state index contributed by atoms with van der Waals surface area (Å²) < 4.78 is 0. The van der Waals surface area contributed by atoms with Crippen molar-refractivity contribution in [1.82, 2.24) is 0 Å². The molecule has 0 saturated carbocycles. The molecule has 0 heterocycles. The van der Waals surface area contributed by atoms with Gasteiger partial charge in [-0.15, -0.1) is 0 Å². The molecule has 0 bridgehead atoms. The number of nitrogens with two attached hydrogens (primary N) is 1. The molecule has 1 aromatic rings. The van der Waals surface area contributed by atoms with E-state index in [1.165, 1.54) is 23.2 Å². The Morgan fingerprint density at radius 3 is 2.37 bits per heavy atom. The molecular weight excluding hydrogens is 232 g/mol. The first-order valence-electron chi connectivity index (χ1n) is 7.61. The Bertz CT molecular complexity index is 385. The van der Waals surface area contributed by atoms with Crippen LogP contribution in [0.2, 0.25) is 0 Å². The Labute approximate surface area is 119 Å². The van der Waals surface area contributed by atoms with Crippen molar-refractivity contribution in [2.24, 2.45) is 5.73 Å². The fraction of sp³-hybridized carbons (Fsp3) is 0.647. The van der Waals surface area contributed by atoms with Gasteiger partial charge in [0.25, 0.3) is 0 Å². The third kappa shape index (κ3) is 4.54.